The molecule has 0 unspecified atom stereocenters. The Morgan fingerprint density at radius 3 is 2.55 bits per heavy atom. The summed E-state index contributed by atoms with van der Waals surface area (Å²) in [5.41, 5.74) is 2.21. The van der Waals surface area contributed by atoms with Crippen LogP contribution in [-0.2, 0) is 6.54 Å². The molecule has 1 fully saturated rings. The van der Waals surface area contributed by atoms with Crippen molar-refractivity contribution in [2.24, 2.45) is 0 Å². The molecule has 1 aromatic heterocycles. The van der Waals surface area contributed by atoms with E-state index < -0.39 is 0 Å². The number of rotatable bonds is 6. The van der Waals surface area contributed by atoms with Crippen LogP contribution in [-0.4, -0.2) is 27.7 Å². The molecule has 0 aliphatic heterocycles. The molecule has 0 atom stereocenters. The number of carbonyl (C=O) groups excluding carboxylic acids is 2. The van der Waals surface area contributed by atoms with E-state index in [9.17, 15) is 14.0 Å². The Morgan fingerprint density at radius 1 is 1.03 bits per heavy atom. The number of pyridine rings is 1. The Hall–Kier alpha value is -3.54. The van der Waals surface area contributed by atoms with Crippen LogP contribution in [0, 0.1) is 5.82 Å². The number of carbonyl (C=O) groups is 2. The maximum atomic E-state index is 13.5. The zero-order chi connectivity index (χ0) is 20.2. The van der Waals surface area contributed by atoms with Crippen LogP contribution in [0.4, 0.5) is 10.1 Å². The predicted molar refractivity (Wildman–Crippen MR) is 108 cm³/mol. The van der Waals surface area contributed by atoms with Crippen molar-refractivity contribution in [1.29, 1.82) is 0 Å². The zero-order valence-electron chi connectivity index (χ0n) is 15.7. The van der Waals surface area contributed by atoms with Crippen molar-refractivity contribution in [3.63, 3.8) is 0 Å². The third-order valence-corrected chi connectivity index (χ3v) is 4.78. The fourth-order valence-corrected chi connectivity index (χ4v) is 3.18. The molecule has 29 heavy (non-hydrogen) atoms. The van der Waals surface area contributed by atoms with Crippen LogP contribution in [0.15, 0.2) is 73.1 Å². The minimum atomic E-state index is -0.314. The van der Waals surface area contributed by atoms with Gasteiger partial charge < -0.3 is 10.2 Å². The van der Waals surface area contributed by atoms with Gasteiger partial charge in [-0.2, -0.15) is 0 Å². The fourth-order valence-electron chi connectivity index (χ4n) is 3.18. The van der Waals surface area contributed by atoms with Crippen LogP contribution in [0.1, 0.15) is 39.1 Å². The van der Waals surface area contributed by atoms with Crippen LogP contribution in [0.2, 0.25) is 0 Å². The first-order chi connectivity index (χ1) is 14.1. The zero-order valence-corrected chi connectivity index (χ0v) is 15.7. The lowest BCUT2D eigenvalue weighted by Gasteiger charge is -2.23. The molecule has 6 heteroatoms. The first-order valence-electron chi connectivity index (χ1n) is 9.47. The second-order valence-electron chi connectivity index (χ2n) is 7.07. The Labute approximate surface area is 168 Å². The third kappa shape index (κ3) is 4.66. The van der Waals surface area contributed by atoms with Crippen molar-refractivity contribution in [2.45, 2.75) is 25.4 Å². The molecule has 4 rings (SSSR count). The van der Waals surface area contributed by atoms with Gasteiger partial charge in [-0.1, -0.05) is 18.2 Å². The Morgan fingerprint density at radius 2 is 1.83 bits per heavy atom. The Balaban J connectivity index is 1.51. The van der Waals surface area contributed by atoms with Crippen molar-refractivity contribution in [3.8, 4) is 0 Å². The Kier molecular flexibility index (Phi) is 5.33. The molecule has 2 aromatic carbocycles. The molecule has 1 heterocycles. The van der Waals surface area contributed by atoms with Crippen LogP contribution in [0.25, 0.3) is 0 Å². The SMILES string of the molecule is O=C(Nc1cccc(C(=O)N(Cc2cccc(F)c2)C2CC2)c1)c1cccnc1. The van der Waals surface area contributed by atoms with E-state index in [0.717, 1.165) is 18.4 Å². The Bertz CT molecular complexity index is 1040. The molecule has 1 aliphatic rings. The van der Waals surface area contributed by atoms with Crippen LogP contribution >= 0.6 is 0 Å². The van der Waals surface area contributed by atoms with Crippen molar-refractivity contribution < 1.29 is 14.0 Å². The van der Waals surface area contributed by atoms with Crippen LogP contribution < -0.4 is 5.32 Å². The maximum absolute atomic E-state index is 13.5. The van der Waals surface area contributed by atoms with E-state index >= 15 is 0 Å². The lowest BCUT2D eigenvalue weighted by molar-refractivity contribution is 0.0729. The molecule has 3 aromatic rings. The topological polar surface area (TPSA) is 62.3 Å². The van der Waals surface area contributed by atoms with Gasteiger partial charge in [-0.25, -0.2) is 4.39 Å². The normalized spacial score (nSPS) is 13.0. The van der Waals surface area contributed by atoms with E-state index in [1.807, 2.05) is 6.07 Å². The van der Waals surface area contributed by atoms with Gasteiger partial charge in [-0.05, 0) is 60.9 Å². The van der Waals surface area contributed by atoms with Gasteiger partial charge in [0.1, 0.15) is 5.82 Å². The lowest BCUT2D eigenvalue weighted by Crippen LogP contribution is -2.32. The summed E-state index contributed by atoms with van der Waals surface area (Å²) in [6, 6.07) is 16.7. The monoisotopic (exact) mass is 389 g/mol. The quantitative estimate of drug-likeness (QED) is 0.685. The van der Waals surface area contributed by atoms with Crippen LogP contribution in [0.3, 0.4) is 0 Å². The number of hydrogen-bond acceptors (Lipinski definition) is 3. The fraction of sp³-hybridized carbons (Fsp3) is 0.174. The highest BCUT2D eigenvalue weighted by Crippen LogP contribution is 2.30. The van der Waals surface area contributed by atoms with E-state index in [-0.39, 0.29) is 23.7 Å². The van der Waals surface area contributed by atoms with E-state index in [0.29, 0.717) is 23.4 Å². The van der Waals surface area contributed by atoms with Crippen molar-refractivity contribution in [3.05, 3.63) is 95.6 Å². The summed E-state index contributed by atoms with van der Waals surface area (Å²) >= 11 is 0. The summed E-state index contributed by atoms with van der Waals surface area (Å²) in [5, 5.41) is 2.80. The molecule has 1 aliphatic carbocycles. The molecular formula is C23H20FN3O2. The molecular weight excluding hydrogens is 369 g/mol. The average molecular weight is 389 g/mol. The second-order valence-corrected chi connectivity index (χ2v) is 7.07. The number of amides is 2. The largest absolute Gasteiger partial charge is 0.331 e. The minimum absolute atomic E-state index is 0.130. The molecule has 0 bridgehead atoms. The molecule has 0 spiro atoms. The van der Waals surface area contributed by atoms with Crippen molar-refractivity contribution in [1.82, 2.24) is 9.88 Å². The number of nitrogens with zero attached hydrogens (tertiary/aromatic N) is 2. The standard InChI is InChI=1S/C23H20FN3O2/c24-19-7-1-4-16(12-19)15-27(21-9-10-21)23(29)17-5-2-8-20(13-17)26-22(28)18-6-3-11-25-14-18/h1-8,11-14,21H,9-10,15H2,(H,26,28). The number of nitrogens with one attached hydrogen (secondary N) is 1. The molecule has 5 nitrogen and oxygen atoms in total. The summed E-state index contributed by atoms with van der Waals surface area (Å²) in [6.07, 6.45) is 4.97. The predicted octanol–water partition coefficient (Wildman–Crippen LogP) is 4.28. The maximum Gasteiger partial charge on any atom is 0.257 e. The summed E-state index contributed by atoms with van der Waals surface area (Å²) in [5.74, 6) is -0.735. The van der Waals surface area contributed by atoms with Gasteiger partial charge >= 0.3 is 0 Å². The van der Waals surface area contributed by atoms with E-state index in [2.05, 4.69) is 10.3 Å². The number of halogens is 1. The third-order valence-electron chi connectivity index (χ3n) is 4.78. The van der Waals surface area contributed by atoms with Gasteiger partial charge in [0.05, 0.1) is 5.56 Å². The number of anilines is 1. The highest BCUT2D eigenvalue weighted by molar-refractivity contribution is 6.05. The molecule has 0 saturated heterocycles. The van der Waals surface area contributed by atoms with Gasteiger partial charge in [0.25, 0.3) is 11.8 Å². The van der Waals surface area contributed by atoms with Gasteiger partial charge in [0.15, 0.2) is 0 Å². The number of aromatic nitrogens is 1. The highest BCUT2D eigenvalue weighted by Gasteiger charge is 2.33. The summed E-state index contributed by atoms with van der Waals surface area (Å²) in [7, 11) is 0. The lowest BCUT2D eigenvalue weighted by atomic mass is 10.1. The minimum Gasteiger partial charge on any atom is -0.331 e. The van der Waals surface area contributed by atoms with Gasteiger partial charge in [0, 0.05) is 36.2 Å². The molecule has 2 amide bonds. The number of hydrogen-bond donors (Lipinski definition) is 1. The number of benzene rings is 2. The first kappa shape index (κ1) is 18.8. The molecule has 146 valence electrons. The molecule has 1 saturated carbocycles. The van der Waals surface area contributed by atoms with Crippen molar-refractivity contribution >= 4 is 17.5 Å². The molecule has 0 radical (unpaired) electrons. The second kappa shape index (κ2) is 8.22. The average Bonchev–Trinajstić information content (AvgIpc) is 3.58. The van der Waals surface area contributed by atoms with Gasteiger partial charge in [-0.3, -0.25) is 14.6 Å². The van der Waals surface area contributed by atoms with Gasteiger partial charge in [-0.15, -0.1) is 0 Å². The van der Waals surface area contributed by atoms with E-state index in [1.54, 1.807) is 53.6 Å². The smallest absolute Gasteiger partial charge is 0.257 e. The van der Waals surface area contributed by atoms with Crippen LogP contribution in [0.5, 0.6) is 0 Å². The highest BCUT2D eigenvalue weighted by atomic mass is 19.1. The van der Waals surface area contributed by atoms with Crippen molar-refractivity contribution in [2.75, 3.05) is 5.32 Å². The van der Waals surface area contributed by atoms with Gasteiger partial charge in [0.2, 0.25) is 0 Å². The first-order valence-corrected chi connectivity index (χ1v) is 9.47. The summed E-state index contributed by atoms with van der Waals surface area (Å²) in [6.45, 7) is 0.355. The summed E-state index contributed by atoms with van der Waals surface area (Å²) < 4.78 is 13.5. The molecule has 1 N–H and O–H groups in total. The van der Waals surface area contributed by atoms with E-state index in [4.69, 9.17) is 0 Å². The van der Waals surface area contributed by atoms with E-state index in [1.165, 1.54) is 18.3 Å². The summed E-state index contributed by atoms with van der Waals surface area (Å²) in [4.78, 5) is 31.2.